The molecule has 5 heteroatoms. The van der Waals surface area contributed by atoms with Gasteiger partial charge in [0.15, 0.2) is 0 Å². The molecule has 0 N–H and O–H groups in total. The molecule has 14 heavy (non-hydrogen) atoms. The molecule has 0 atom stereocenters. The van der Waals surface area contributed by atoms with Crippen LogP contribution in [0.5, 0.6) is 0 Å². The van der Waals surface area contributed by atoms with E-state index in [9.17, 15) is 13.6 Å². The number of hydrogen-bond donors (Lipinski definition) is 0. The zero-order valence-corrected chi connectivity index (χ0v) is 8.66. The number of alkyl halides is 3. The summed E-state index contributed by atoms with van der Waals surface area (Å²) >= 11 is 10.2. The summed E-state index contributed by atoms with van der Waals surface area (Å²) in [5.74, 6) is -1.48. The lowest BCUT2D eigenvalue weighted by Gasteiger charge is -2.08. The molecular weight excluding hydrogens is 233 g/mol. The Kier molecular flexibility index (Phi) is 3.12. The predicted octanol–water partition coefficient (Wildman–Crippen LogP) is 3.66. The highest BCUT2D eigenvalue weighted by atomic mass is 35.5. The second-order valence-corrected chi connectivity index (χ2v) is 3.69. The van der Waals surface area contributed by atoms with Gasteiger partial charge >= 0.3 is 5.38 Å². The SMILES string of the molecule is Cc1ccc(C(=O)C(F)(F)Cl)c(Cl)c1. The van der Waals surface area contributed by atoms with Gasteiger partial charge < -0.3 is 0 Å². The first-order valence-corrected chi connectivity index (χ1v) is 4.45. The lowest BCUT2D eigenvalue weighted by molar-refractivity contribution is 0.0536. The Morgan fingerprint density at radius 1 is 1.43 bits per heavy atom. The van der Waals surface area contributed by atoms with Crippen LogP contribution in [0.4, 0.5) is 8.78 Å². The Bertz CT molecular complexity index is 372. The standard InChI is InChI=1S/C9H6Cl2F2O/c1-5-2-3-6(7(10)4-5)8(14)9(11,12)13/h2-4H,1H3. The molecule has 0 amide bonds. The van der Waals surface area contributed by atoms with Gasteiger partial charge in [-0.2, -0.15) is 8.78 Å². The Morgan fingerprint density at radius 3 is 2.43 bits per heavy atom. The predicted molar refractivity (Wildman–Crippen MR) is 51.3 cm³/mol. The van der Waals surface area contributed by atoms with Gasteiger partial charge in [-0.05, 0) is 36.2 Å². The number of Topliss-reactive ketones (excluding diaryl/α,β-unsaturated/α-hetero) is 1. The van der Waals surface area contributed by atoms with Crippen molar-refractivity contribution in [2.24, 2.45) is 0 Å². The summed E-state index contributed by atoms with van der Waals surface area (Å²) in [5.41, 5.74) is 0.515. The van der Waals surface area contributed by atoms with E-state index in [-0.39, 0.29) is 10.6 Å². The van der Waals surface area contributed by atoms with Crippen molar-refractivity contribution in [2.75, 3.05) is 0 Å². The van der Waals surface area contributed by atoms with Crippen molar-refractivity contribution < 1.29 is 13.6 Å². The Morgan fingerprint density at radius 2 is 2.00 bits per heavy atom. The highest BCUT2D eigenvalue weighted by Crippen LogP contribution is 2.28. The van der Waals surface area contributed by atoms with E-state index in [4.69, 9.17) is 11.6 Å². The average molecular weight is 239 g/mol. The second kappa shape index (κ2) is 3.83. The molecule has 76 valence electrons. The average Bonchev–Trinajstić information content (AvgIpc) is 2.01. The summed E-state index contributed by atoms with van der Waals surface area (Å²) in [6.07, 6.45) is 0. The van der Waals surface area contributed by atoms with Gasteiger partial charge in [-0.15, -0.1) is 0 Å². The van der Waals surface area contributed by atoms with Gasteiger partial charge in [-0.25, -0.2) is 0 Å². The fourth-order valence-electron chi connectivity index (χ4n) is 0.957. The van der Waals surface area contributed by atoms with E-state index >= 15 is 0 Å². The zero-order chi connectivity index (χ0) is 10.9. The summed E-state index contributed by atoms with van der Waals surface area (Å²) in [5, 5.41) is -3.92. The minimum Gasteiger partial charge on any atom is -0.286 e. The molecule has 1 aromatic rings. The Balaban J connectivity index is 3.15. The van der Waals surface area contributed by atoms with Crippen molar-refractivity contribution >= 4 is 29.0 Å². The van der Waals surface area contributed by atoms with E-state index < -0.39 is 11.2 Å². The Labute approximate surface area is 89.6 Å². The van der Waals surface area contributed by atoms with Gasteiger partial charge in [0.05, 0.1) is 5.02 Å². The fraction of sp³-hybridized carbons (Fsp3) is 0.222. The molecule has 0 fully saturated rings. The molecule has 0 saturated heterocycles. The van der Waals surface area contributed by atoms with Crippen molar-refractivity contribution in [3.63, 3.8) is 0 Å². The molecule has 0 aliphatic rings. The largest absolute Gasteiger partial charge is 0.384 e. The molecule has 1 aromatic carbocycles. The van der Waals surface area contributed by atoms with Crippen LogP contribution < -0.4 is 0 Å². The summed E-state index contributed by atoms with van der Waals surface area (Å²) < 4.78 is 24.9. The molecule has 0 aliphatic carbocycles. The van der Waals surface area contributed by atoms with Crippen LogP contribution in [-0.4, -0.2) is 11.2 Å². The first-order valence-electron chi connectivity index (χ1n) is 3.70. The van der Waals surface area contributed by atoms with Gasteiger partial charge in [0, 0.05) is 5.56 Å². The number of halogens is 4. The zero-order valence-electron chi connectivity index (χ0n) is 7.15. The Hall–Kier alpha value is -0.670. The van der Waals surface area contributed by atoms with Crippen LogP contribution in [-0.2, 0) is 0 Å². The maximum Gasteiger partial charge on any atom is 0.384 e. The molecule has 0 aromatic heterocycles. The van der Waals surface area contributed by atoms with Gasteiger partial charge in [-0.3, -0.25) is 4.79 Å². The molecule has 1 nitrogen and oxygen atoms in total. The third-order valence-corrected chi connectivity index (χ3v) is 2.11. The molecule has 0 bridgehead atoms. The molecule has 0 heterocycles. The summed E-state index contributed by atoms with van der Waals surface area (Å²) in [6, 6.07) is 4.18. The highest BCUT2D eigenvalue weighted by Gasteiger charge is 2.37. The van der Waals surface area contributed by atoms with Gasteiger partial charge in [-0.1, -0.05) is 17.7 Å². The lowest BCUT2D eigenvalue weighted by Crippen LogP contribution is -2.21. The fourth-order valence-corrected chi connectivity index (χ4v) is 1.38. The van der Waals surface area contributed by atoms with Crippen molar-refractivity contribution in [3.05, 3.63) is 34.3 Å². The maximum absolute atomic E-state index is 12.4. The number of hydrogen-bond acceptors (Lipinski definition) is 1. The smallest absolute Gasteiger partial charge is 0.286 e. The normalized spacial score (nSPS) is 11.5. The number of carbonyl (C=O) groups is 1. The van der Waals surface area contributed by atoms with Crippen molar-refractivity contribution in [3.8, 4) is 0 Å². The van der Waals surface area contributed by atoms with Crippen LogP contribution in [0.25, 0.3) is 0 Å². The summed E-state index contributed by atoms with van der Waals surface area (Å²) in [6.45, 7) is 1.74. The number of ketones is 1. The minimum atomic E-state index is -3.90. The molecule has 1 rings (SSSR count). The number of carbonyl (C=O) groups excluding carboxylic acids is 1. The van der Waals surface area contributed by atoms with E-state index in [1.54, 1.807) is 6.92 Å². The second-order valence-electron chi connectivity index (χ2n) is 2.81. The first kappa shape index (κ1) is 11.4. The van der Waals surface area contributed by atoms with Crippen molar-refractivity contribution in [2.45, 2.75) is 12.3 Å². The number of aryl methyl sites for hydroxylation is 1. The highest BCUT2D eigenvalue weighted by molar-refractivity contribution is 6.39. The monoisotopic (exact) mass is 238 g/mol. The minimum absolute atomic E-state index is 0.0182. The number of rotatable bonds is 2. The van der Waals surface area contributed by atoms with Crippen LogP contribution in [0.2, 0.25) is 5.02 Å². The molecule has 0 unspecified atom stereocenters. The van der Waals surface area contributed by atoms with Crippen LogP contribution in [0.3, 0.4) is 0 Å². The molecule has 0 saturated carbocycles. The topological polar surface area (TPSA) is 17.1 Å². The van der Waals surface area contributed by atoms with Crippen molar-refractivity contribution in [1.82, 2.24) is 0 Å². The van der Waals surface area contributed by atoms with Crippen LogP contribution in [0.1, 0.15) is 15.9 Å². The van der Waals surface area contributed by atoms with Gasteiger partial charge in [0.1, 0.15) is 0 Å². The molecular formula is C9H6Cl2F2O. The maximum atomic E-state index is 12.4. The van der Waals surface area contributed by atoms with Crippen LogP contribution in [0.15, 0.2) is 18.2 Å². The van der Waals surface area contributed by atoms with E-state index in [1.807, 2.05) is 0 Å². The molecule has 0 spiro atoms. The van der Waals surface area contributed by atoms with Crippen LogP contribution in [0, 0.1) is 6.92 Å². The quantitative estimate of drug-likeness (QED) is 0.568. The van der Waals surface area contributed by atoms with Gasteiger partial charge in [0.25, 0.3) is 0 Å². The summed E-state index contributed by atoms with van der Waals surface area (Å²) in [7, 11) is 0. The third kappa shape index (κ3) is 2.42. The molecule has 0 aliphatic heterocycles. The first-order chi connectivity index (χ1) is 6.32. The van der Waals surface area contributed by atoms with Crippen molar-refractivity contribution in [1.29, 1.82) is 0 Å². The van der Waals surface area contributed by atoms with E-state index in [0.717, 1.165) is 5.56 Å². The summed E-state index contributed by atoms with van der Waals surface area (Å²) in [4.78, 5) is 11.0. The van der Waals surface area contributed by atoms with E-state index in [2.05, 4.69) is 11.6 Å². The van der Waals surface area contributed by atoms with E-state index in [0.29, 0.717) is 0 Å². The number of benzene rings is 1. The van der Waals surface area contributed by atoms with E-state index in [1.165, 1.54) is 18.2 Å². The lowest BCUT2D eigenvalue weighted by atomic mass is 10.1. The van der Waals surface area contributed by atoms with Crippen LogP contribution >= 0.6 is 23.2 Å². The van der Waals surface area contributed by atoms with Gasteiger partial charge in [0.2, 0.25) is 5.78 Å². The third-order valence-electron chi connectivity index (χ3n) is 1.63. The molecule has 0 radical (unpaired) electrons.